The lowest BCUT2D eigenvalue weighted by molar-refractivity contribution is -0.151. The van der Waals surface area contributed by atoms with Gasteiger partial charge in [-0.1, -0.05) is 19.9 Å². The largest absolute Gasteiger partial charge is 0.444 e. The summed E-state index contributed by atoms with van der Waals surface area (Å²) in [6.07, 6.45) is 2.05. The molecule has 0 aliphatic carbocycles. The summed E-state index contributed by atoms with van der Waals surface area (Å²) in [5.74, 6) is -0.714. The van der Waals surface area contributed by atoms with E-state index in [1.54, 1.807) is 26.0 Å². The van der Waals surface area contributed by atoms with Crippen LogP contribution >= 0.6 is 0 Å². The van der Waals surface area contributed by atoms with E-state index in [4.69, 9.17) is 10.5 Å². The zero-order valence-corrected chi connectivity index (χ0v) is 16.1. The highest BCUT2D eigenvalue weighted by Gasteiger charge is 2.32. The molecule has 1 aliphatic rings. The van der Waals surface area contributed by atoms with Gasteiger partial charge >= 0.3 is 5.97 Å². The summed E-state index contributed by atoms with van der Waals surface area (Å²) in [5.41, 5.74) is 5.42. The second-order valence-electron chi connectivity index (χ2n) is 6.97. The van der Waals surface area contributed by atoms with Crippen LogP contribution in [0.4, 0.5) is 0 Å². The molecule has 27 heavy (non-hydrogen) atoms. The van der Waals surface area contributed by atoms with Crippen molar-refractivity contribution in [3.63, 3.8) is 0 Å². The Morgan fingerprint density at radius 2 is 2.04 bits per heavy atom. The van der Waals surface area contributed by atoms with Crippen molar-refractivity contribution in [3.05, 3.63) is 40.8 Å². The SMILES string of the molecule is CC(C)C(=O)OCn1ccc2c(S(=O)(=O)N3CC[C@H](N)C3)cccc2c1=O. The second-order valence-corrected chi connectivity index (χ2v) is 8.87. The van der Waals surface area contributed by atoms with Crippen molar-refractivity contribution < 1.29 is 17.9 Å². The van der Waals surface area contributed by atoms with E-state index in [-0.39, 0.29) is 35.5 Å². The molecule has 1 aromatic heterocycles. The maximum Gasteiger partial charge on any atom is 0.310 e. The molecule has 1 fully saturated rings. The van der Waals surface area contributed by atoms with E-state index in [0.717, 1.165) is 0 Å². The first kappa shape index (κ1) is 19.5. The quantitative estimate of drug-likeness (QED) is 0.755. The Morgan fingerprint density at radius 1 is 1.30 bits per heavy atom. The molecule has 146 valence electrons. The van der Waals surface area contributed by atoms with Crippen LogP contribution in [-0.2, 0) is 26.3 Å². The Labute approximate surface area is 157 Å². The number of esters is 1. The van der Waals surface area contributed by atoms with E-state index in [0.29, 0.717) is 18.4 Å². The topological polar surface area (TPSA) is 112 Å². The summed E-state index contributed by atoms with van der Waals surface area (Å²) >= 11 is 0. The van der Waals surface area contributed by atoms with Crippen molar-refractivity contribution in [2.24, 2.45) is 11.7 Å². The van der Waals surface area contributed by atoms with Gasteiger partial charge in [0, 0.05) is 36.1 Å². The second kappa shape index (κ2) is 7.41. The van der Waals surface area contributed by atoms with Crippen LogP contribution in [-0.4, -0.2) is 42.4 Å². The Hall–Kier alpha value is -2.23. The van der Waals surface area contributed by atoms with Gasteiger partial charge in [0.25, 0.3) is 5.56 Å². The Bertz CT molecular complexity index is 1030. The first-order chi connectivity index (χ1) is 12.7. The van der Waals surface area contributed by atoms with E-state index in [1.165, 1.54) is 27.2 Å². The predicted octanol–water partition coefficient (Wildman–Crippen LogP) is 0.880. The predicted molar refractivity (Wildman–Crippen MR) is 100 cm³/mol. The van der Waals surface area contributed by atoms with Crippen molar-refractivity contribution in [1.29, 1.82) is 0 Å². The minimum absolute atomic E-state index is 0.0810. The molecule has 1 aromatic carbocycles. The van der Waals surface area contributed by atoms with Crippen LogP contribution in [0.15, 0.2) is 40.2 Å². The van der Waals surface area contributed by atoms with Crippen LogP contribution in [0, 0.1) is 5.92 Å². The molecule has 0 bridgehead atoms. The molecule has 1 atom stereocenters. The van der Waals surface area contributed by atoms with Gasteiger partial charge in [-0.15, -0.1) is 0 Å². The van der Waals surface area contributed by atoms with Gasteiger partial charge in [-0.05, 0) is 24.6 Å². The average Bonchev–Trinajstić information content (AvgIpc) is 3.07. The first-order valence-corrected chi connectivity index (χ1v) is 10.2. The van der Waals surface area contributed by atoms with Crippen molar-refractivity contribution in [2.75, 3.05) is 13.1 Å². The molecule has 0 radical (unpaired) electrons. The smallest absolute Gasteiger partial charge is 0.310 e. The zero-order valence-electron chi connectivity index (χ0n) is 15.3. The molecule has 2 N–H and O–H groups in total. The molecule has 3 rings (SSSR count). The third kappa shape index (κ3) is 3.76. The van der Waals surface area contributed by atoms with Crippen LogP contribution in [0.3, 0.4) is 0 Å². The summed E-state index contributed by atoms with van der Waals surface area (Å²) in [7, 11) is -3.74. The number of aromatic nitrogens is 1. The molecular formula is C18H23N3O5S. The number of benzene rings is 1. The fraction of sp³-hybridized carbons (Fsp3) is 0.444. The van der Waals surface area contributed by atoms with Crippen molar-refractivity contribution in [1.82, 2.24) is 8.87 Å². The van der Waals surface area contributed by atoms with Crippen LogP contribution < -0.4 is 11.3 Å². The van der Waals surface area contributed by atoms with E-state index in [2.05, 4.69) is 0 Å². The summed E-state index contributed by atoms with van der Waals surface area (Å²) < 4.78 is 33.6. The lowest BCUT2D eigenvalue weighted by Gasteiger charge is -2.17. The molecule has 8 nitrogen and oxygen atoms in total. The van der Waals surface area contributed by atoms with Gasteiger partial charge in [0.1, 0.15) is 0 Å². The van der Waals surface area contributed by atoms with Gasteiger partial charge in [0.05, 0.1) is 10.8 Å². The molecule has 2 heterocycles. The average molecular weight is 393 g/mol. The molecule has 1 saturated heterocycles. The number of rotatable bonds is 5. The summed E-state index contributed by atoms with van der Waals surface area (Å²) in [5, 5.41) is 0.595. The molecule has 9 heteroatoms. The Morgan fingerprint density at radius 3 is 2.67 bits per heavy atom. The van der Waals surface area contributed by atoms with Gasteiger partial charge in [0.2, 0.25) is 10.0 Å². The van der Waals surface area contributed by atoms with Crippen LogP contribution in [0.5, 0.6) is 0 Å². The van der Waals surface area contributed by atoms with E-state index < -0.39 is 21.6 Å². The zero-order chi connectivity index (χ0) is 19.8. The van der Waals surface area contributed by atoms with Crippen molar-refractivity contribution in [2.45, 2.75) is 37.9 Å². The van der Waals surface area contributed by atoms with E-state index in [1.807, 2.05) is 0 Å². The minimum atomic E-state index is -3.74. The molecule has 0 unspecified atom stereocenters. The summed E-state index contributed by atoms with van der Waals surface area (Å²) in [6, 6.07) is 5.97. The number of fused-ring (bicyclic) bond motifs is 1. The Balaban J connectivity index is 1.99. The Kier molecular flexibility index (Phi) is 5.36. The van der Waals surface area contributed by atoms with Gasteiger partial charge < -0.3 is 10.5 Å². The van der Waals surface area contributed by atoms with Crippen molar-refractivity contribution >= 4 is 26.8 Å². The van der Waals surface area contributed by atoms with Gasteiger partial charge in [0.15, 0.2) is 6.73 Å². The number of nitrogens with two attached hydrogens (primary N) is 1. The first-order valence-electron chi connectivity index (χ1n) is 8.76. The number of carbonyl (C=O) groups excluding carboxylic acids is 1. The number of hydrogen-bond acceptors (Lipinski definition) is 6. The van der Waals surface area contributed by atoms with Gasteiger partial charge in [-0.3, -0.25) is 14.2 Å². The maximum absolute atomic E-state index is 13.0. The highest BCUT2D eigenvalue weighted by Crippen LogP contribution is 2.26. The maximum atomic E-state index is 13.0. The van der Waals surface area contributed by atoms with Gasteiger partial charge in [-0.25, -0.2) is 8.42 Å². The molecule has 0 amide bonds. The fourth-order valence-corrected chi connectivity index (χ4v) is 4.75. The highest BCUT2D eigenvalue weighted by atomic mass is 32.2. The molecule has 2 aromatic rings. The fourth-order valence-electron chi connectivity index (χ4n) is 3.03. The minimum Gasteiger partial charge on any atom is -0.444 e. The molecular weight excluding hydrogens is 370 g/mol. The number of sulfonamides is 1. The lowest BCUT2D eigenvalue weighted by Crippen LogP contribution is -2.32. The normalized spacial score (nSPS) is 18.3. The van der Waals surface area contributed by atoms with Crippen LogP contribution in [0.2, 0.25) is 0 Å². The van der Waals surface area contributed by atoms with E-state index >= 15 is 0 Å². The summed E-state index contributed by atoms with van der Waals surface area (Å²) in [4.78, 5) is 24.4. The van der Waals surface area contributed by atoms with Crippen molar-refractivity contribution in [3.8, 4) is 0 Å². The van der Waals surface area contributed by atoms with Crippen LogP contribution in [0.1, 0.15) is 20.3 Å². The number of carbonyl (C=O) groups is 1. The number of nitrogens with zero attached hydrogens (tertiary/aromatic N) is 2. The molecule has 0 spiro atoms. The number of ether oxygens (including phenoxy) is 1. The number of pyridine rings is 1. The third-order valence-corrected chi connectivity index (χ3v) is 6.52. The van der Waals surface area contributed by atoms with Gasteiger partial charge in [-0.2, -0.15) is 4.31 Å². The summed E-state index contributed by atoms with van der Waals surface area (Å²) in [6.45, 7) is 3.81. The van der Waals surface area contributed by atoms with E-state index in [9.17, 15) is 18.0 Å². The molecule has 1 aliphatic heterocycles. The third-order valence-electron chi connectivity index (χ3n) is 4.60. The standard InChI is InChI=1S/C18H23N3O5S/c1-12(2)18(23)26-11-20-8-7-14-15(17(20)22)4-3-5-16(14)27(24,25)21-9-6-13(19)10-21/h3-5,7-8,12-13H,6,9-11,19H2,1-2H3/t13-/m0/s1. The lowest BCUT2D eigenvalue weighted by atomic mass is 10.2. The monoisotopic (exact) mass is 393 g/mol. The molecule has 0 saturated carbocycles. The highest BCUT2D eigenvalue weighted by molar-refractivity contribution is 7.89. The van der Waals surface area contributed by atoms with Crippen LogP contribution in [0.25, 0.3) is 10.8 Å². The number of hydrogen-bond donors (Lipinski definition) is 1.